The Morgan fingerprint density at radius 2 is 1.74 bits per heavy atom. The van der Waals surface area contributed by atoms with Crippen molar-refractivity contribution in [1.82, 2.24) is 14.5 Å². The zero-order valence-corrected chi connectivity index (χ0v) is 18.2. The van der Waals surface area contributed by atoms with E-state index in [4.69, 9.17) is 0 Å². The average molecular weight is 461 g/mol. The number of hydrogen-bond acceptors (Lipinski definition) is 6. The van der Waals surface area contributed by atoms with Crippen molar-refractivity contribution in [2.24, 2.45) is 5.92 Å². The van der Waals surface area contributed by atoms with Gasteiger partial charge in [0.25, 0.3) is 0 Å². The first-order valence-electron chi connectivity index (χ1n) is 9.83. The molecule has 0 atom stereocenters. The number of amides is 1. The second kappa shape index (κ2) is 9.21. The fourth-order valence-corrected chi connectivity index (χ4v) is 5.77. The number of carbonyl (C=O) groups is 1. The standard InChI is InChI=1S/C21H21FN4O3S2/c22-18-8-6-15(7-9-18)14-31(28,29)26-12-10-16(11-13-26)19(27)23-21-25-24-20(30-21)17-4-2-1-3-5-17/h1-9,16H,10-14H2,(H,23,25,27). The molecule has 31 heavy (non-hydrogen) atoms. The summed E-state index contributed by atoms with van der Waals surface area (Å²) in [6.07, 6.45) is 0.859. The second-order valence-electron chi connectivity index (χ2n) is 7.32. The summed E-state index contributed by atoms with van der Waals surface area (Å²) in [6, 6.07) is 15.0. The van der Waals surface area contributed by atoms with Crippen LogP contribution in [0.3, 0.4) is 0 Å². The maximum atomic E-state index is 13.0. The third-order valence-corrected chi connectivity index (χ3v) is 7.89. The Balaban J connectivity index is 1.31. The molecule has 7 nitrogen and oxygen atoms in total. The molecule has 1 fully saturated rings. The van der Waals surface area contributed by atoms with E-state index in [0.717, 1.165) is 10.6 Å². The average Bonchev–Trinajstić information content (AvgIpc) is 3.24. The molecule has 3 aromatic rings. The van der Waals surface area contributed by atoms with Gasteiger partial charge in [-0.15, -0.1) is 10.2 Å². The van der Waals surface area contributed by atoms with Gasteiger partial charge in [-0.1, -0.05) is 53.8 Å². The molecule has 0 spiro atoms. The summed E-state index contributed by atoms with van der Waals surface area (Å²) in [5, 5.41) is 12.1. The summed E-state index contributed by atoms with van der Waals surface area (Å²) in [5.41, 5.74) is 1.46. The molecule has 1 N–H and O–H groups in total. The minimum atomic E-state index is -3.53. The molecule has 1 aromatic heterocycles. The van der Waals surface area contributed by atoms with E-state index in [2.05, 4.69) is 15.5 Å². The maximum absolute atomic E-state index is 13.0. The number of aromatic nitrogens is 2. The highest BCUT2D eigenvalue weighted by molar-refractivity contribution is 7.88. The first-order valence-corrected chi connectivity index (χ1v) is 12.3. The van der Waals surface area contributed by atoms with Crippen molar-refractivity contribution in [3.05, 3.63) is 66.0 Å². The molecule has 0 unspecified atom stereocenters. The fraction of sp³-hybridized carbons (Fsp3) is 0.286. The first-order chi connectivity index (χ1) is 14.9. The summed E-state index contributed by atoms with van der Waals surface area (Å²) >= 11 is 1.30. The number of nitrogens with one attached hydrogen (secondary N) is 1. The zero-order chi connectivity index (χ0) is 21.8. The van der Waals surface area contributed by atoms with Crippen molar-refractivity contribution >= 4 is 32.4 Å². The maximum Gasteiger partial charge on any atom is 0.229 e. The van der Waals surface area contributed by atoms with E-state index >= 15 is 0 Å². The van der Waals surface area contributed by atoms with Crippen LogP contribution in [0, 0.1) is 11.7 Å². The van der Waals surface area contributed by atoms with Gasteiger partial charge in [-0.05, 0) is 30.5 Å². The summed E-state index contributed by atoms with van der Waals surface area (Å²) < 4.78 is 39.8. The largest absolute Gasteiger partial charge is 0.300 e. The number of sulfonamides is 1. The van der Waals surface area contributed by atoms with Crippen LogP contribution < -0.4 is 5.32 Å². The third kappa shape index (κ3) is 5.33. The van der Waals surface area contributed by atoms with Crippen LogP contribution in [0.15, 0.2) is 54.6 Å². The van der Waals surface area contributed by atoms with Crippen LogP contribution in [-0.2, 0) is 20.6 Å². The van der Waals surface area contributed by atoms with Crippen molar-refractivity contribution in [2.75, 3.05) is 18.4 Å². The van der Waals surface area contributed by atoms with Gasteiger partial charge in [0.15, 0.2) is 0 Å². The van der Waals surface area contributed by atoms with E-state index in [0.29, 0.717) is 23.5 Å². The van der Waals surface area contributed by atoms with Crippen molar-refractivity contribution < 1.29 is 17.6 Å². The topological polar surface area (TPSA) is 92.3 Å². The van der Waals surface area contributed by atoms with Crippen LogP contribution in [0.5, 0.6) is 0 Å². The van der Waals surface area contributed by atoms with Crippen LogP contribution >= 0.6 is 11.3 Å². The highest BCUT2D eigenvalue weighted by atomic mass is 32.2. The molecule has 0 radical (unpaired) electrons. The van der Waals surface area contributed by atoms with E-state index in [1.807, 2.05) is 30.3 Å². The van der Waals surface area contributed by atoms with Crippen LogP contribution in [0.2, 0.25) is 0 Å². The lowest BCUT2D eigenvalue weighted by atomic mass is 9.97. The first kappa shape index (κ1) is 21.5. The molecule has 1 saturated heterocycles. The molecular weight excluding hydrogens is 439 g/mol. The predicted octanol–water partition coefficient (Wildman–Crippen LogP) is 3.52. The van der Waals surface area contributed by atoms with Gasteiger partial charge in [-0.3, -0.25) is 4.79 Å². The summed E-state index contributed by atoms with van der Waals surface area (Å²) in [7, 11) is -3.53. The number of hydrogen-bond donors (Lipinski definition) is 1. The second-order valence-corrected chi connectivity index (χ2v) is 10.3. The van der Waals surface area contributed by atoms with Gasteiger partial charge in [0.1, 0.15) is 10.8 Å². The van der Waals surface area contributed by atoms with Gasteiger partial charge < -0.3 is 5.32 Å². The van der Waals surface area contributed by atoms with Gasteiger partial charge in [-0.25, -0.2) is 17.1 Å². The smallest absolute Gasteiger partial charge is 0.229 e. The molecule has 1 aliphatic heterocycles. The van der Waals surface area contributed by atoms with Gasteiger partial charge >= 0.3 is 0 Å². The Morgan fingerprint density at radius 3 is 2.42 bits per heavy atom. The molecule has 4 rings (SSSR count). The minimum absolute atomic E-state index is 0.175. The van der Waals surface area contributed by atoms with Crippen molar-refractivity contribution in [1.29, 1.82) is 0 Å². The predicted molar refractivity (Wildman–Crippen MR) is 117 cm³/mol. The highest BCUT2D eigenvalue weighted by Crippen LogP contribution is 2.28. The number of carbonyl (C=O) groups excluding carboxylic acids is 1. The zero-order valence-electron chi connectivity index (χ0n) is 16.6. The number of piperidine rings is 1. The summed E-state index contributed by atoms with van der Waals surface area (Å²) in [4.78, 5) is 12.6. The number of anilines is 1. The van der Waals surface area contributed by atoms with E-state index in [-0.39, 0.29) is 30.7 Å². The molecule has 1 aliphatic rings. The molecule has 2 heterocycles. The fourth-order valence-electron chi connectivity index (χ4n) is 3.46. The molecule has 10 heteroatoms. The van der Waals surface area contributed by atoms with Crippen LogP contribution in [0.25, 0.3) is 10.6 Å². The normalized spacial score (nSPS) is 15.6. The lowest BCUT2D eigenvalue weighted by Crippen LogP contribution is -2.41. The van der Waals surface area contributed by atoms with E-state index in [9.17, 15) is 17.6 Å². The third-order valence-electron chi connectivity index (χ3n) is 5.16. The Labute approximate surface area is 184 Å². The van der Waals surface area contributed by atoms with E-state index in [1.165, 1.54) is 39.9 Å². The Bertz CT molecular complexity index is 1140. The molecule has 1 amide bonds. The number of rotatable bonds is 6. The molecule has 0 saturated carbocycles. The number of nitrogens with zero attached hydrogens (tertiary/aromatic N) is 3. The van der Waals surface area contributed by atoms with Gasteiger partial charge in [0.05, 0.1) is 5.75 Å². The lowest BCUT2D eigenvalue weighted by Gasteiger charge is -2.30. The molecular formula is C21H21FN4O3S2. The number of halogens is 1. The van der Waals surface area contributed by atoms with Crippen LogP contribution in [0.1, 0.15) is 18.4 Å². The Hall–Kier alpha value is -2.69. The SMILES string of the molecule is O=C(Nc1nnc(-c2ccccc2)s1)C1CCN(S(=O)(=O)Cc2ccc(F)cc2)CC1. The van der Waals surface area contributed by atoms with Gasteiger partial charge in [0, 0.05) is 24.6 Å². The van der Waals surface area contributed by atoms with Crippen molar-refractivity contribution in [3.63, 3.8) is 0 Å². The molecule has 2 aromatic carbocycles. The molecule has 0 aliphatic carbocycles. The molecule has 0 bridgehead atoms. The quantitative estimate of drug-likeness (QED) is 0.608. The summed E-state index contributed by atoms with van der Waals surface area (Å²) in [5.74, 6) is -1.05. The highest BCUT2D eigenvalue weighted by Gasteiger charge is 2.31. The summed E-state index contributed by atoms with van der Waals surface area (Å²) in [6.45, 7) is 0.542. The van der Waals surface area contributed by atoms with Crippen molar-refractivity contribution in [2.45, 2.75) is 18.6 Å². The Morgan fingerprint density at radius 1 is 1.06 bits per heavy atom. The van der Waals surface area contributed by atoms with Crippen LogP contribution in [0.4, 0.5) is 9.52 Å². The number of benzene rings is 2. The molecule has 162 valence electrons. The Kier molecular flexibility index (Phi) is 6.40. The van der Waals surface area contributed by atoms with Crippen LogP contribution in [-0.4, -0.2) is 41.9 Å². The van der Waals surface area contributed by atoms with E-state index in [1.54, 1.807) is 0 Å². The monoisotopic (exact) mass is 460 g/mol. The van der Waals surface area contributed by atoms with Gasteiger partial charge in [-0.2, -0.15) is 0 Å². The van der Waals surface area contributed by atoms with Gasteiger partial charge in [0.2, 0.25) is 21.1 Å². The minimum Gasteiger partial charge on any atom is -0.300 e. The van der Waals surface area contributed by atoms with Crippen molar-refractivity contribution in [3.8, 4) is 10.6 Å². The van der Waals surface area contributed by atoms with E-state index < -0.39 is 15.8 Å². The lowest BCUT2D eigenvalue weighted by molar-refractivity contribution is -0.120.